The van der Waals surface area contributed by atoms with Gasteiger partial charge in [-0.15, -0.1) is 11.6 Å². The molecule has 10 heavy (non-hydrogen) atoms. The third kappa shape index (κ3) is 2.11. The minimum absolute atomic E-state index is 0.596. The van der Waals surface area contributed by atoms with Gasteiger partial charge >= 0.3 is 0 Å². The van der Waals surface area contributed by atoms with Gasteiger partial charge in [0.25, 0.3) is 0 Å². The van der Waals surface area contributed by atoms with E-state index in [1.54, 1.807) is 0 Å². The van der Waals surface area contributed by atoms with Crippen LogP contribution in [0.3, 0.4) is 0 Å². The highest BCUT2D eigenvalue weighted by Crippen LogP contribution is 2.08. The molecule has 0 aromatic carbocycles. The molecular formula is C5H8ClN3S. The van der Waals surface area contributed by atoms with E-state index < -0.39 is 0 Å². The highest BCUT2D eigenvalue weighted by molar-refractivity contribution is 7.09. The molecule has 0 unspecified atom stereocenters. The minimum Gasteiger partial charge on any atom is -0.359 e. The lowest BCUT2D eigenvalue weighted by Crippen LogP contribution is -2.01. The summed E-state index contributed by atoms with van der Waals surface area (Å²) in [6.45, 7) is 2.61. The molecule has 1 N–H and O–H groups in total. The predicted octanol–water partition coefficient (Wildman–Crippen LogP) is 1.50. The molecule has 0 fully saturated rings. The Kier molecular flexibility index (Phi) is 2.89. The lowest BCUT2D eigenvalue weighted by Gasteiger charge is -1.93. The molecule has 1 rings (SSSR count). The van der Waals surface area contributed by atoms with Gasteiger partial charge in [0, 0.05) is 24.0 Å². The molecule has 56 valence electrons. The van der Waals surface area contributed by atoms with Crippen LogP contribution >= 0.6 is 23.1 Å². The summed E-state index contributed by atoms with van der Waals surface area (Å²) in [5, 5.41) is 3.87. The molecule has 0 bridgehead atoms. The quantitative estimate of drug-likeness (QED) is 0.712. The van der Waals surface area contributed by atoms with Crippen LogP contribution in [0.4, 0.5) is 5.13 Å². The van der Waals surface area contributed by atoms with Crippen LogP contribution in [0.15, 0.2) is 0 Å². The number of nitrogens with zero attached hydrogens (tertiary/aromatic N) is 2. The monoisotopic (exact) mass is 177 g/mol. The lowest BCUT2D eigenvalue weighted by molar-refractivity contribution is 1.13. The van der Waals surface area contributed by atoms with Crippen molar-refractivity contribution in [2.24, 2.45) is 0 Å². The van der Waals surface area contributed by atoms with Crippen LogP contribution in [0.25, 0.3) is 0 Å². The Bertz CT molecular complexity index is 201. The van der Waals surface area contributed by atoms with Crippen molar-refractivity contribution in [3.05, 3.63) is 5.82 Å². The maximum absolute atomic E-state index is 5.45. The molecule has 0 aliphatic heterocycles. The lowest BCUT2D eigenvalue weighted by atomic mass is 10.7. The van der Waals surface area contributed by atoms with Crippen molar-refractivity contribution < 1.29 is 0 Å². The van der Waals surface area contributed by atoms with Crippen molar-refractivity contribution in [3.8, 4) is 0 Å². The third-order valence-electron chi connectivity index (χ3n) is 0.898. The smallest absolute Gasteiger partial charge is 0.202 e. The van der Waals surface area contributed by atoms with Crippen molar-refractivity contribution in [3.63, 3.8) is 0 Å². The van der Waals surface area contributed by atoms with Gasteiger partial charge in [-0.1, -0.05) is 0 Å². The Balaban J connectivity index is 2.42. The molecule has 0 aliphatic carbocycles. The molecule has 0 saturated carbocycles. The van der Waals surface area contributed by atoms with Crippen LogP contribution in [-0.2, 0) is 0 Å². The molecule has 0 saturated heterocycles. The molecule has 0 atom stereocenters. The van der Waals surface area contributed by atoms with Crippen LogP contribution < -0.4 is 5.32 Å². The average molecular weight is 178 g/mol. The Morgan fingerprint density at radius 1 is 1.70 bits per heavy atom. The second-order valence-electron chi connectivity index (χ2n) is 1.76. The van der Waals surface area contributed by atoms with Crippen LogP contribution in [-0.4, -0.2) is 21.8 Å². The van der Waals surface area contributed by atoms with Gasteiger partial charge in [0.15, 0.2) is 0 Å². The van der Waals surface area contributed by atoms with E-state index in [9.17, 15) is 0 Å². The normalized spacial score (nSPS) is 9.80. The van der Waals surface area contributed by atoms with E-state index in [-0.39, 0.29) is 0 Å². The zero-order valence-electron chi connectivity index (χ0n) is 5.59. The molecule has 1 heterocycles. The fourth-order valence-electron chi connectivity index (χ4n) is 0.523. The second-order valence-corrected chi connectivity index (χ2v) is 2.89. The van der Waals surface area contributed by atoms with Gasteiger partial charge in [-0.2, -0.15) is 4.37 Å². The topological polar surface area (TPSA) is 37.8 Å². The maximum Gasteiger partial charge on any atom is 0.202 e. The number of hydrogen-bond donors (Lipinski definition) is 1. The van der Waals surface area contributed by atoms with Crippen LogP contribution in [0, 0.1) is 6.92 Å². The van der Waals surface area contributed by atoms with Gasteiger partial charge in [-0.3, -0.25) is 0 Å². The van der Waals surface area contributed by atoms with Crippen LogP contribution in [0.1, 0.15) is 5.82 Å². The predicted molar refractivity (Wildman–Crippen MR) is 43.9 cm³/mol. The zero-order valence-corrected chi connectivity index (χ0v) is 7.17. The van der Waals surface area contributed by atoms with E-state index in [0.29, 0.717) is 5.88 Å². The number of nitrogens with one attached hydrogen (secondary N) is 1. The SMILES string of the molecule is Cc1nsc(NCCCl)n1. The number of aromatic nitrogens is 2. The first kappa shape index (κ1) is 7.75. The van der Waals surface area contributed by atoms with Crippen molar-refractivity contribution in [2.75, 3.05) is 17.7 Å². The highest BCUT2D eigenvalue weighted by atomic mass is 35.5. The van der Waals surface area contributed by atoms with Crippen LogP contribution in [0.5, 0.6) is 0 Å². The largest absolute Gasteiger partial charge is 0.359 e. The fourth-order valence-corrected chi connectivity index (χ4v) is 1.22. The van der Waals surface area contributed by atoms with Gasteiger partial charge in [0.2, 0.25) is 5.13 Å². The number of alkyl halides is 1. The summed E-state index contributed by atoms with van der Waals surface area (Å²) >= 11 is 6.81. The Morgan fingerprint density at radius 3 is 3.00 bits per heavy atom. The van der Waals surface area contributed by atoms with E-state index >= 15 is 0 Å². The summed E-state index contributed by atoms with van der Waals surface area (Å²) in [4.78, 5) is 4.09. The van der Waals surface area contributed by atoms with E-state index in [4.69, 9.17) is 11.6 Å². The summed E-state index contributed by atoms with van der Waals surface area (Å²) in [7, 11) is 0. The first-order valence-electron chi connectivity index (χ1n) is 2.93. The summed E-state index contributed by atoms with van der Waals surface area (Å²) in [6.07, 6.45) is 0. The van der Waals surface area contributed by atoms with Gasteiger partial charge in [0.05, 0.1) is 0 Å². The molecule has 0 spiro atoms. The minimum atomic E-state index is 0.596. The molecule has 0 amide bonds. The molecule has 0 radical (unpaired) electrons. The van der Waals surface area contributed by atoms with E-state index in [1.807, 2.05) is 6.92 Å². The number of aryl methyl sites for hydroxylation is 1. The molecule has 1 aromatic heterocycles. The third-order valence-corrected chi connectivity index (χ3v) is 1.85. The first-order valence-corrected chi connectivity index (χ1v) is 4.24. The van der Waals surface area contributed by atoms with E-state index in [1.165, 1.54) is 11.5 Å². The number of anilines is 1. The van der Waals surface area contributed by atoms with E-state index in [0.717, 1.165) is 17.5 Å². The van der Waals surface area contributed by atoms with Gasteiger partial charge in [-0.05, 0) is 6.92 Å². The molecule has 5 heteroatoms. The van der Waals surface area contributed by atoms with Gasteiger partial charge in [0.1, 0.15) is 5.82 Å². The number of rotatable bonds is 3. The summed E-state index contributed by atoms with van der Waals surface area (Å²) in [5.41, 5.74) is 0. The molecule has 0 aliphatic rings. The van der Waals surface area contributed by atoms with Gasteiger partial charge in [-0.25, -0.2) is 4.98 Å². The Hall–Kier alpha value is -0.350. The Morgan fingerprint density at radius 2 is 2.50 bits per heavy atom. The standard InChI is InChI=1S/C5H8ClN3S/c1-4-8-5(10-9-4)7-3-2-6/h2-3H2,1H3,(H,7,8,9). The number of halogens is 1. The van der Waals surface area contributed by atoms with Crippen molar-refractivity contribution in [1.29, 1.82) is 0 Å². The van der Waals surface area contributed by atoms with Crippen molar-refractivity contribution in [2.45, 2.75) is 6.92 Å². The maximum atomic E-state index is 5.45. The van der Waals surface area contributed by atoms with Crippen molar-refractivity contribution in [1.82, 2.24) is 9.36 Å². The molecule has 1 aromatic rings. The molecule has 3 nitrogen and oxygen atoms in total. The zero-order chi connectivity index (χ0) is 7.40. The Labute approximate surface area is 68.6 Å². The second kappa shape index (κ2) is 3.73. The molecular weight excluding hydrogens is 170 g/mol. The van der Waals surface area contributed by atoms with Crippen molar-refractivity contribution >= 4 is 28.3 Å². The van der Waals surface area contributed by atoms with Crippen LogP contribution in [0.2, 0.25) is 0 Å². The summed E-state index contributed by atoms with van der Waals surface area (Å²) < 4.78 is 3.99. The summed E-state index contributed by atoms with van der Waals surface area (Å²) in [6, 6.07) is 0. The van der Waals surface area contributed by atoms with Gasteiger partial charge < -0.3 is 5.32 Å². The highest BCUT2D eigenvalue weighted by Gasteiger charge is 1.95. The van der Waals surface area contributed by atoms with E-state index in [2.05, 4.69) is 14.7 Å². The average Bonchev–Trinajstić information content (AvgIpc) is 2.31. The fraction of sp³-hybridized carbons (Fsp3) is 0.600. The summed E-state index contributed by atoms with van der Waals surface area (Å²) in [5.74, 6) is 1.40. The number of hydrogen-bond acceptors (Lipinski definition) is 4. The first-order chi connectivity index (χ1) is 4.83.